The standard InChI is InChI=1S/C34H52N6O7S2/c1-8-22(4)30(38-32(43)27-11-9-10-18-39(27)6)34(44)40(7)28(21(2)3)19-29(47-23(5)41)33-37-26(20-48-33)31(42)36-17-16-24-12-14-25(15-13-24)49(35,45)46/h12-15,20-22,27-30H,8-11,16-19H2,1-7H3,(H,36,42)(H,38,43)(H2,35,45,46)/t22-,27+,28+,29+,30+/m0/s1. The second-order valence-electron chi connectivity index (χ2n) is 13.2. The summed E-state index contributed by atoms with van der Waals surface area (Å²) in [7, 11) is -0.131. The maximum absolute atomic E-state index is 14.1. The van der Waals surface area contributed by atoms with Crippen molar-refractivity contribution in [2.24, 2.45) is 17.0 Å². The summed E-state index contributed by atoms with van der Waals surface area (Å²) in [5.41, 5.74) is 0.982. The van der Waals surface area contributed by atoms with Gasteiger partial charge in [-0.2, -0.15) is 0 Å². The van der Waals surface area contributed by atoms with Gasteiger partial charge < -0.3 is 20.3 Å². The number of carbonyl (C=O) groups is 4. The Bertz CT molecular complexity index is 1550. The molecule has 3 rings (SSSR count). The van der Waals surface area contributed by atoms with Crippen LogP contribution in [0.25, 0.3) is 0 Å². The number of primary sulfonamides is 1. The summed E-state index contributed by atoms with van der Waals surface area (Å²) in [6.45, 7) is 10.3. The number of nitrogens with two attached hydrogens (primary N) is 1. The number of sulfonamides is 1. The Kier molecular flexibility index (Phi) is 14.7. The normalized spacial score (nSPS) is 17.9. The number of hydrogen-bond donors (Lipinski definition) is 3. The quantitative estimate of drug-likeness (QED) is 0.219. The Labute approximate surface area is 294 Å². The molecule has 1 aliphatic rings. The maximum atomic E-state index is 14.1. The number of rotatable bonds is 16. The van der Waals surface area contributed by atoms with Gasteiger partial charge in [0.1, 0.15) is 16.7 Å². The Balaban J connectivity index is 1.71. The third kappa shape index (κ3) is 11.3. The van der Waals surface area contributed by atoms with Gasteiger partial charge in [0.05, 0.1) is 10.9 Å². The first-order valence-corrected chi connectivity index (χ1v) is 19.3. The van der Waals surface area contributed by atoms with Gasteiger partial charge in [0.15, 0.2) is 6.10 Å². The monoisotopic (exact) mass is 720 g/mol. The smallest absolute Gasteiger partial charge is 0.303 e. The van der Waals surface area contributed by atoms with E-state index in [1.165, 1.54) is 30.4 Å². The van der Waals surface area contributed by atoms with Gasteiger partial charge in [0, 0.05) is 38.4 Å². The van der Waals surface area contributed by atoms with Crippen LogP contribution in [0.5, 0.6) is 0 Å². The molecule has 1 fully saturated rings. The molecule has 15 heteroatoms. The van der Waals surface area contributed by atoms with Crippen molar-refractivity contribution < 1.29 is 32.3 Å². The number of thiazole rings is 1. The fraction of sp³-hybridized carbons (Fsp3) is 0.618. The fourth-order valence-electron chi connectivity index (χ4n) is 6.01. The van der Waals surface area contributed by atoms with Crippen molar-refractivity contribution in [1.29, 1.82) is 0 Å². The van der Waals surface area contributed by atoms with E-state index in [-0.39, 0.29) is 59.3 Å². The number of aromatic nitrogens is 1. The van der Waals surface area contributed by atoms with Crippen LogP contribution >= 0.6 is 11.3 Å². The molecule has 2 heterocycles. The van der Waals surface area contributed by atoms with Crippen molar-refractivity contribution >= 4 is 45.1 Å². The zero-order valence-electron chi connectivity index (χ0n) is 29.6. The van der Waals surface area contributed by atoms with E-state index in [0.717, 1.165) is 31.4 Å². The Morgan fingerprint density at radius 1 is 1.14 bits per heavy atom. The van der Waals surface area contributed by atoms with Crippen molar-refractivity contribution in [3.63, 3.8) is 0 Å². The van der Waals surface area contributed by atoms with E-state index in [1.54, 1.807) is 29.5 Å². The Hall–Kier alpha value is -3.40. The highest BCUT2D eigenvalue weighted by Gasteiger charge is 2.37. The molecule has 1 aliphatic heterocycles. The highest BCUT2D eigenvalue weighted by molar-refractivity contribution is 7.89. The van der Waals surface area contributed by atoms with Crippen LogP contribution in [-0.4, -0.2) is 92.2 Å². The number of likely N-dealkylation sites (N-methyl/N-ethyl adjacent to an activating group) is 2. The summed E-state index contributed by atoms with van der Waals surface area (Å²) in [6.07, 6.45) is 3.36. The summed E-state index contributed by atoms with van der Waals surface area (Å²) in [4.78, 5) is 60.8. The number of carbonyl (C=O) groups excluding carboxylic acids is 4. The summed E-state index contributed by atoms with van der Waals surface area (Å²) >= 11 is 1.19. The highest BCUT2D eigenvalue weighted by Crippen LogP contribution is 2.31. The van der Waals surface area contributed by atoms with Crippen molar-refractivity contribution in [1.82, 2.24) is 25.4 Å². The van der Waals surface area contributed by atoms with E-state index in [2.05, 4.69) is 15.6 Å². The van der Waals surface area contributed by atoms with Crippen molar-refractivity contribution in [3.8, 4) is 0 Å². The zero-order valence-corrected chi connectivity index (χ0v) is 31.2. The van der Waals surface area contributed by atoms with E-state index < -0.39 is 34.0 Å². The van der Waals surface area contributed by atoms with Crippen LogP contribution in [0.3, 0.4) is 0 Å². The average Bonchev–Trinajstić information content (AvgIpc) is 3.55. The van der Waals surface area contributed by atoms with Crippen LogP contribution in [0, 0.1) is 11.8 Å². The molecule has 3 amide bonds. The predicted octanol–water partition coefficient (Wildman–Crippen LogP) is 3.26. The summed E-state index contributed by atoms with van der Waals surface area (Å²) in [6, 6.07) is 4.75. The van der Waals surface area contributed by atoms with Gasteiger partial charge in [-0.1, -0.05) is 52.7 Å². The minimum absolute atomic E-state index is 0.0117. The second kappa shape index (κ2) is 18.0. The lowest BCUT2D eigenvalue weighted by Crippen LogP contribution is -2.58. The lowest BCUT2D eigenvalue weighted by Gasteiger charge is -2.38. The third-order valence-corrected chi connectivity index (χ3v) is 11.1. The summed E-state index contributed by atoms with van der Waals surface area (Å²) < 4.78 is 28.7. The molecule has 49 heavy (non-hydrogen) atoms. The van der Waals surface area contributed by atoms with E-state index in [9.17, 15) is 27.6 Å². The first kappa shape index (κ1) is 40.0. The Morgan fingerprint density at radius 3 is 2.39 bits per heavy atom. The van der Waals surface area contributed by atoms with Gasteiger partial charge >= 0.3 is 5.97 Å². The van der Waals surface area contributed by atoms with Crippen molar-refractivity contribution in [3.05, 3.63) is 45.9 Å². The molecule has 272 valence electrons. The van der Waals surface area contributed by atoms with Gasteiger partial charge in [-0.3, -0.25) is 24.1 Å². The second-order valence-corrected chi connectivity index (χ2v) is 15.7. The largest absolute Gasteiger partial charge is 0.455 e. The average molecular weight is 721 g/mol. The molecular weight excluding hydrogens is 669 g/mol. The van der Waals surface area contributed by atoms with Gasteiger partial charge in [0.2, 0.25) is 21.8 Å². The van der Waals surface area contributed by atoms with Gasteiger partial charge in [-0.25, -0.2) is 18.5 Å². The van der Waals surface area contributed by atoms with Gasteiger partial charge in [-0.05, 0) is 62.4 Å². The summed E-state index contributed by atoms with van der Waals surface area (Å²) in [5, 5.41) is 13.1. The topological polar surface area (TPSA) is 181 Å². The van der Waals surface area contributed by atoms with E-state index in [4.69, 9.17) is 9.88 Å². The molecule has 5 atom stereocenters. The molecule has 0 radical (unpaired) electrons. The number of nitrogens with one attached hydrogen (secondary N) is 2. The van der Waals surface area contributed by atoms with Crippen LogP contribution in [0.2, 0.25) is 0 Å². The van der Waals surface area contributed by atoms with Crippen molar-refractivity contribution in [2.45, 2.75) is 102 Å². The molecule has 2 aromatic rings. The molecule has 1 saturated heterocycles. The Morgan fingerprint density at radius 2 is 1.82 bits per heavy atom. The first-order chi connectivity index (χ1) is 23.0. The number of nitrogens with zero attached hydrogens (tertiary/aromatic N) is 3. The minimum atomic E-state index is -3.79. The highest BCUT2D eigenvalue weighted by atomic mass is 32.2. The number of hydrogen-bond acceptors (Lipinski definition) is 10. The molecule has 13 nitrogen and oxygen atoms in total. The molecule has 0 aliphatic carbocycles. The number of piperidine rings is 1. The fourth-order valence-corrected chi connectivity index (χ4v) is 7.37. The summed E-state index contributed by atoms with van der Waals surface area (Å²) in [5.74, 6) is -1.41. The lowest BCUT2D eigenvalue weighted by molar-refractivity contribution is -0.149. The van der Waals surface area contributed by atoms with E-state index in [0.29, 0.717) is 17.8 Å². The van der Waals surface area contributed by atoms with Crippen LogP contribution in [0.15, 0.2) is 34.5 Å². The molecule has 0 spiro atoms. The van der Waals surface area contributed by atoms with Crippen LogP contribution in [0.4, 0.5) is 0 Å². The molecule has 0 unspecified atom stereocenters. The van der Waals surface area contributed by atoms with Crippen LogP contribution in [0.1, 0.15) is 93.9 Å². The molecule has 0 saturated carbocycles. The number of ether oxygens (including phenoxy) is 1. The number of esters is 1. The SMILES string of the molecule is CC[C@H](C)[C@@H](NC(=O)[C@H]1CCCCN1C)C(=O)N(C)[C@H](C[C@@H](OC(C)=O)c1nc(C(=O)NCCc2ccc(S(N)(=O)=O)cc2)cs1)C(C)C. The number of benzene rings is 1. The first-order valence-electron chi connectivity index (χ1n) is 16.8. The zero-order chi connectivity index (χ0) is 36.5. The van der Waals surface area contributed by atoms with Crippen LogP contribution in [-0.2, 0) is 35.6 Å². The van der Waals surface area contributed by atoms with Gasteiger partial charge in [-0.15, -0.1) is 11.3 Å². The molecular formula is C34H52N6O7S2. The van der Waals surface area contributed by atoms with E-state index in [1.807, 2.05) is 39.6 Å². The molecule has 0 bridgehead atoms. The molecule has 1 aromatic heterocycles. The minimum Gasteiger partial charge on any atom is -0.455 e. The van der Waals surface area contributed by atoms with Crippen LogP contribution < -0.4 is 15.8 Å². The maximum Gasteiger partial charge on any atom is 0.303 e. The predicted molar refractivity (Wildman–Crippen MR) is 188 cm³/mol. The van der Waals surface area contributed by atoms with Crippen molar-refractivity contribution in [2.75, 3.05) is 27.2 Å². The number of likely N-dealkylation sites (tertiary alicyclic amines) is 1. The molecule has 1 aromatic carbocycles. The lowest BCUT2D eigenvalue weighted by atomic mass is 9.92. The number of amides is 3. The third-order valence-electron chi connectivity index (χ3n) is 9.21. The van der Waals surface area contributed by atoms with Gasteiger partial charge in [0.25, 0.3) is 5.91 Å². The van der Waals surface area contributed by atoms with E-state index >= 15 is 0 Å². The molecule has 4 N–H and O–H groups in total.